The molecule has 1 aliphatic heterocycles. The molecule has 7 nitrogen and oxygen atoms in total. The lowest BCUT2D eigenvalue weighted by atomic mass is 9.96. The van der Waals surface area contributed by atoms with Gasteiger partial charge in [-0.25, -0.2) is 0 Å². The van der Waals surface area contributed by atoms with Crippen LogP contribution in [0.1, 0.15) is 15.9 Å². The van der Waals surface area contributed by atoms with Gasteiger partial charge in [0.15, 0.2) is 11.0 Å². The Morgan fingerprint density at radius 2 is 2.44 bits per heavy atom. The zero-order valence-electron chi connectivity index (χ0n) is 11.4. The summed E-state index contributed by atoms with van der Waals surface area (Å²) in [5.41, 5.74) is -2.35. The second kappa shape index (κ2) is 4.56. The number of aromatic nitrogens is 2. The van der Waals surface area contributed by atoms with Crippen molar-refractivity contribution in [1.29, 1.82) is 0 Å². The first kappa shape index (κ1) is 10.8. The standard InChI is InChI=1S/C10H14N2O5S/c1-10(16)7(15)5(4-13)17-8(10)12-3-2-6(14)11-9(12)18/h2-3,5,7-8,13,15-16H,4H2,1H3,(H,11,14,18)/t5-,7+,8-,10?/m1/s1/i4D2. The molecule has 0 radical (unpaired) electrons. The van der Waals surface area contributed by atoms with Gasteiger partial charge in [-0.3, -0.25) is 14.3 Å². The van der Waals surface area contributed by atoms with Gasteiger partial charge < -0.3 is 20.1 Å². The van der Waals surface area contributed by atoms with E-state index in [0.717, 1.165) is 6.07 Å². The Labute approximate surface area is 110 Å². The molecule has 4 atom stereocenters. The SMILES string of the molecule is [2H]C([2H])(O)[C@H]1O[C@@H](n2ccc(=O)[nH]c2=S)C(C)(O)[C@H]1O. The van der Waals surface area contributed by atoms with Gasteiger partial charge in [0.05, 0.1) is 9.30 Å². The summed E-state index contributed by atoms with van der Waals surface area (Å²) in [5.74, 6) is 0. The fraction of sp³-hybridized carbons (Fsp3) is 0.600. The Hall–Kier alpha value is -1.06. The van der Waals surface area contributed by atoms with E-state index in [1.54, 1.807) is 0 Å². The quantitative estimate of drug-likeness (QED) is 0.511. The number of aliphatic hydroxyl groups excluding tert-OH is 1. The summed E-state index contributed by atoms with van der Waals surface area (Å²) < 4.78 is 20.7. The molecule has 8 heteroatoms. The van der Waals surface area contributed by atoms with Crippen LogP contribution in [0.2, 0.25) is 0 Å². The summed E-state index contributed by atoms with van der Waals surface area (Å²) in [5, 5.41) is 29.6. The zero-order valence-corrected chi connectivity index (χ0v) is 10.2. The Balaban J connectivity index is 2.47. The van der Waals surface area contributed by atoms with Crippen LogP contribution < -0.4 is 5.56 Å². The molecule has 1 aromatic heterocycles. The maximum Gasteiger partial charge on any atom is 0.251 e. The van der Waals surface area contributed by atoms with Crippen molar-refractivity contribution in [1.82, 2.24) is 9.55 Å². The van der Waals surface area contributed by atoms with E-state index >= 15 is 0 Å². The minimum absolute atomic E-state index is 0.0610. The van der Waals surface area contributed by atoms with Crippen LogP contribution in [-0.4, -0.2) is 49.2 Å². The average Bonchev–Trinajstić information content (AvgIpc) is 2.51. The molecule has 2 rings (SSSR count). The van der Waals surface area contributed by atoms with Crippen molar-refractivity contribution in [3.63, 3.8) is 0 Å². The molecule has 1 unspecified atom stereocenters. The van der Waals surface area contributed by atoms with Gasteiger partial charge in [0.25, 0.3) is 5.56 Å². The zero-order chi connectivity index (χ0) is 15.3. The predicted molar refractivity (Wildman–Crippen MR) is 63.5 cm³/mol. The summed E-state index contributed by atoms with van der Waals surface area (Å²) in [7, 11) is 0. The molecule has 4 N–H and O–H groups in total. The molecule has 0 aliphatic carbocycles. The van der Waals surface area contributed by atoms with Crippen molar-refractivity contribution in [2.24, 2.45) is 0 Å². The highest BCUT2D eigenvalue weighted by molar-refractivity contribution is 7.71. The smallest absolute Gasteiger partial charge is 0.251 e. The van der Waals surface area contributed by atoms with Gasteiger partial charge in [0, 0.05) is 12.3 Å². The molecular weight excluding hydrogens is 260 g/mol. The Morgan fingerprint density at radius 3 is 2.94 bits per heavy atom. The molecule has 0 bridgehead atoms. The molecule has 18 heavy (non-hydrogen) atoms. The summed E-state index contributed by atoms with van der Waals surface area (Å²) in [6.07, 6.45) is -3.34. The van der Waals surface area contributed by atoms with E-state index in [1.807, 2.05) is 0 Å². The second-order valence-electron chi connectivity index (χ2n) is 4.23. The molecule has 100 valence electrons. The molecule has 1 aromatic rings. The number of aliphatic hydroxyl groups is 3. The Bertz CT molecular complexity index is 623. The predicted octanol–water partition coefficient (Wildman–Crippen LogP) is -1.09. The van der Waals surface area contributed by atoms with Crippen LogP contribution in [0.3, 0.4) is 0 Å². The number of ether oxygens (including phenoxy) is 1. The van der Waals surface area contributed by atoms with E-state index in [4.69, 9.17) is 19.7 Å². The van der Waals surface area contributed by atoms with Crippen molar-refractivity contribution in [3.05, 3.63) is 27.4 Å². The van der Waals surface area contributed by atoms with E-state index in [2.05, 4.69) is 4.98 Å². The first-order valence-corrected chi connectivity index (χ1v) is 5.55. The van der Waals surface area contributed by atoms with Gasteiger partial charge in [-0.15, -0.1) is 0 Å². The monoisotopic (exact) mass is 276 g/mol. The number of rotatable bonds is 2. The van der Waals surface area contributed by atoms with E-state index < -0.39 is 36.2 Å². The highest BCUT2D eigenvalue weighted by atomic mass is 32.1. The van der Waals surface area contributed by atoms with Crippen molar-refractivity contribution in [3.8, 4) is 0 Å². The Kier molecular flexibility index (Phi) is 2.74. The topological polar surface area (TPSA) is 108 Å². The highest BCUT2D eigenvalue weighted by Crippen LogP contribution is 2.37. The molecular formula is C10H14N2O5S. The first-order chi connectivity index (χ1) is 9.05. The molecule has 1 fully saturated rings. The molecule has 2 heterocycles. The van der Waals surface area contributed by atoms with Gasteiger partial charge in [-0.2, -0.15) is 0 Å². The van der Waals surface area contributed by atoms with Crippen LogP contribution in [0.15, 0.2) is 17.1 Å². The lowest BCUT2D eigenvalue weighted by Crippen LogP contribution is -2.44. The van der Waals surface area contributed by atoms with E-state index in [0.29, 0.717) is 0 Å². The third-order valence-electron chi connectivity index (χ3n) is 2.89. The van der Waals surface area contributed by atoms with Crippen LogP contribution in [0.4, 0.5) is 0 Å². The molecule has 0 spiro atoms. The average molecular weight is 276 g/mol. The molecule has 0 amide bonds. The van der Waals surface area contributed by atoms with Crippen molar-refractivity contribution >= 4 is 12.2 Å². The van der Waals surface area contributed by atoms with Gasteiger partial charge in [-0.05, 0) is 19.1 Å². The maximum atomic E-state index is 11.1. The normalized spacial score (nSPS) is 38.3. The molecule has 1 saturated heterocycles. The number of nitrogens with one attached hydrogen (secondary N) is 1. The van der Waals surface area contributed by atoms with Crippen LogP contribution in [0.25, 0.3) is 0 Å². The third kappa shape index (κ3) is 2.02. The van der Waals surface area contributed by atoms with Crippen LogP contribution in [0, 0.1) is 4.77 Å². The minimum Gasteiger partial charge on any atom is -0.394 e. The van der Waals surface area contributed by atoms with Crippen LogP contribution in [-0.2, 0) is 4.74 Å². The minimum atomic E-state index is -2.84. The highest BCUT2D eigenvalue weighted by Gasteiger charge is 2.52. The third-order valence-corrected chi connectivity index (χ3v) is 3.20. The van der Waals surface area contributed by atoms with E-state index in [1.165, 1.54) is 17.7 Å². The van der Waals surface area contributed by atoms with Gasteiger partial charge >= 0.3 is 0 Å². The second-order valence-corrected chi connectivity index (χ2v) is 4.61. The molecule has 0 saturated carbocycles. The van der Waals surface area contributed by atoms with Gasteiger partial charge in [0.1, 0.15) is 17.8 Å². The summed E-state index contributed by atoms with van der Waals surface area (Å²) >= 11 is 4.93. The van der Waals surface area contributed by atoms with E-state index in [9.17, 15) is 20.1 Å². The maximum absolute atomic E-state index is 11.1. The molecule has 0 aromatic carbocycles. The van der Waals surface area contributed by atoms with E-state index in [-0.39, 0.29) is 4.77 Å². The number of hydrogen-bond donors (Lipinski definition) is 4. The first-order valence-electron chi connectivity index (χ1n) is 6.15. The number of H-pyrrole nitrogens is 1. The largest absolute Gasteiger partial charge is 0.394 e. The lowest BCUT2D eigenvalue weighted by Gasteiger charge is -2.27. The summed E-state index contributed by atoms with van der Waals surface area (Å²) in [6, 6.07) is 1.14. The molecule has 1 aliphatic rings. The lowest BCUT2D eigenvalue weighted by molar-refractivity contribution is -0.0979. The summed E-state index contributed by atoms with van der Waals surface area (Å²) in [6.45, 7) is -1.62. The van der Waals surface area contributed by atoms with Gasteiger partial charge in [-0.1, -0.05) is 0 Å². The van der Waals surface area contributed by atoms with Gasteiger partial charge in [0.2, 0.25) is 0 Å². The van der Waals surface area contributed by atoms with Crippen molar-refractivity contribution in [2.45, 2.75) is 31.0 Å². The fourth-order valence-corrected chi connectivity index (χ4v) is 2.12. The fourth-order valence-electron chi connectivity index (χ4n) is 1.86. The van der Waals surface area contributed by atoms with Crippen molar-refractivity contribution < 1.29 is 22.8 Å². The number of hydrogen-bond acceptors (Lipinski definition) is 6. The van der Waals surface area contributed by atoms with Crippen LogP contribution >= 0.6 is 12.2 Å². The van der Waals surface area contributed by atoms with Crippen LogP contribution in [0.5, 0.6) is 0 Å². The Morgan fingerprint density at radius 1 is 1.78 bits per heavy atom. The van der Waals surface area contributed by atoms with Crippen molar-refractivity contribution in [2.75, 3.05) is 6.56 Å². The number of aromatic amines is 1. The number of nitrogens with zero attached hydrogens (tertiary/aromatic N) is 1. The summed E-state index contributed by atoms with van der Waals surface area (Å²) in [4.78, 5) is 13.4.